The number of piperidine rings is 1. The van der Waals surface area contributed by atoms with E-state index in [1.54, 1.807) is 24.4 Å². The minimum absolute atomic E-state index is 0.198. The molecule has 2 saturated heterocycles. The zero-order valence-electron chi connectivity index (χ0n) is 17.9. The van der Waals surface area contributed by atoms with Crippen molar-refractivity contribution in [2.75, 3.05) is 32.7 Å². The van der Waals surface area contributed by atoms with Gasteiger partial charge in [-0.25, -0.2) is 13.2 Å². The van der Waals surface area contributed by atoms with Crippen LogP contribution in [0.25, 0.3) is 0 Å². The number of nitrogens with zero attached hydrogens (tertiary/aromatic N) is 2. The number of carbonyl (C=O) groups excluding carboxylic acids is 2. The van der Waals surface area contributed by atoms with E-state index in [2.05, 4.69) is 17.1 Å². The first-order valence-electron chi connectivity index (χ1n) is 10.8. The first kappa shape index (κ1) is 22.4. The lowest BCUT2D eigenvalue weighted by Crippen LogP contribution is -2.50. The molecular weight excluding hydrogens is 438 g/mol. The molecular formula is C21H29N3O5S2. The lowest BCUT2D eigenvalue weighted by Gasteiger charge is -2.38. The Bertz CT molecular complexity index is 979. The summed E-state index contributed by atoms with van der Waals surface area (Å²) in [7, 11) is -3.57. The first-order chi connectivity index (χ1) is 14.8. The molecule has 0 aromatic carbocycles. The van der Waals surface area contributed by atoms with Crippen molar-refractivity contribution in [2.45, 2.75) is 55.4 Å². The summed E-state index contributed by atoms with van der Waals surface area (Å²) in [6, 6.07) is 3.60. The Balaban J connectivity index is 1.47. The summed E-state index contributed by atoms with van der Waals surface area (Å²) < 4.78 is 33.1. The van der Waals surface area contributed by atoms with Crippen LogP contribution in [-0.2, 0) is 24.3 Å². The van der Waals surface area contributed by atoms with Gasteiger partial charge in [-0.05, 0) is 44.3 Å². The van der Waals surface area contributed by atoms with Crippen LogP contribution in [0.2, 0.25) is 0 Å². The average molecular weight is 468 g/mol. The molecule has 3 aliphatic rings. The summed E-state index contributed by atoms with van der Waals surface area (Å²) in [5.74, 6) is -0.767. The largest absolute Gasteiger partial charge is 0.450 e. The van der Waals surface area contributed by atoms with E-state index in [1.807, 2.05) is 0 Å². The highest BCUT2D eigenvalue weighted by atomic mass is 32.2. The van der Waals surface area contributed by atoms with Crippen molar-refractivity contribution in [2.24, 2.45) is 0 Å². The first-order valence-corrected chi connectivity index (χ1v) is 13.1. The molecule has 1 aromatic heterocycles. The molecule has 0 bridgehead atoms. The Morgan fingerprint density at radius 2 is 2.06 bits per heavy atom. The van der Waals surface area contributed by atoms with Crippen LogP contribution in [0.1, 0.15) is 39.5 Å². The zero-order chi connectivity index (χ0) is 22.2. The van der Waals surface area contributed by atoms with Gasteiger partial charge in [0.05, 0.1) is 5.57 Å². The number of carbonyl (C=O) groups is 2. The van der Waals surface area contributed by atoms with Crippen molar-refractivity contribution in [1.82, 2.24) is 14.5 Å². The summed E-state index contributed by atoms with van der Waals surface area (Å²) in [5.41, 5.74) is -0.357. The maximum absolute atomic E-state index is 13.1. The number of sulfonamides is 1. The molecule has 4 rings (SSSR count). The number of esters is 1. The molecule has 1 amide bonds. The Hall–Kier alpha value is -1.75. The van der Waals surface area contributed by atoms with Gasteiger partial charge < -0.3 is 10.1 Å². The standard InChI is InChI=1S/C21H29N3O5S2/c1-3-23-10-4-6-16(23)14-22-19(25)18-15(2)20(26)29-21(18)8-11-24(12-9-21)31(27,28)17-7-5-13-30-17/h5,7,13,16H,3-4,6,8-12,14H2,1-2H3,(H,22,25). The minimum Gasteiger partial charge on any atom is -0.450 e. The van der Waals surface area contributed by atoms with Crippen LogP contribution in [0.5, 0.6) is 0 Å². The van der Waals surface area contributed by atoms with Crippen molar-refractivity contribution in [3.05, 3.63) is 28.7 Å². The van der Waals surface area contributed by atoms with Crippen LogP contribution in [-0.4, -0.2) is 73.9 Å². The van der Waals surface area contributed by atoms with E-state index in [1.165, 1.54) is 15.6 Å². The van der Waals surface area contributed by atoms with Crippen molar-refractivity contribution >= 4 is 33.2 Å². The smallest absolute Gasteiger partial charge is 0.335 e. The van der Waals surface area contributed by atoms with E-state index >= 15 is 0 Å². The quantitative estimate of drug-likeness (QED) is 0.641. The molecule has 3 aliphatic heterocycles. The zero-order valence-corrected chi connectivity index (χ0v) is 19.6. The van der Waals surface area contributed by atoms with Crippen molar-refractivity contribution in [3.63, 3.8) is 0 Å². The molecule has 1 N–H and O–H groups in total. The third-order valence-corrected chi connectivity index (χ3v) is 9.95. The van der Waals surface area contributed by atoms with E-state index in [0.29, 0.717) is 27.9 Å². The lowest BCUT2D eigenvalue weighted by molar-refractivity contribution is -0.150. The number of ether oxygens (including phenoxy) is 1. The SMILES string of the molecule is CCN1CCCC1CNC(=O)C1=C(C)C(=O)OC12CCN(S(=O)(=O)c1cccs1)CC2. The van der Waals surface area contributed by atoms with Gasteiger partial charge in [0.2, 0.25) is 0 Å². The molecule has 1 aromatic rings. The molecule has 8 nitrogen and oxygen atoms in total. The fraction of sp³-hybridized carbons (Fsp3) is 0.619. The topological polar surface area (TPSA) is 96.0 Å². The normalized spacial score (nSPS) is 24.7. The van der Waals surface area contributed by atoms with Gasteiger partial charge in [-0.3, -0.25) is 9.69 Å². The Morgan fingerprint density at radius 3 is 2.71 bits per heavy atom. The second kappa shape index (κ2) is 8.65. The van der Waals surface area contributed by atoms with Gasteiger partial charge in [0, 0.05) is 44.1 Å². The molecule has 10 heteroatoms. The van der Waals surface area contributed by atoms with Crippen LogP contribution >= 0.6 is 11.3 Å². The van der Waals surface area contributed by atoms with Crippen molar-refractivity contribution < 1.29 is 22.7 Å². The minimum atomic E-state index is -3.57. The molecule has 0 radical (unpaired) electrons. The van der Waals surface area contributed by atoms with Crippen molar-refractivity contribution in [3.8, 4) is 0 Å². The summed E-state index contributed by atoms with van der Waals surface area (Å²) in [5, 5.41) is 4.75. The number of nitrogens with one attached hydrogen (secondary N) is 1. The van der Waals surface area contributed by atoms with E-state index in [0.717, 1.165) is 25.9 Å². The molecule has 170 valence electrons. The molecule has 1 unspecified atom stereocenters. The number of rotatable bonds is 6. The van der Waals surface area contributed by atoms with Gasteiger partial charge in [-0.2, -0.15) is 4.31 Å². The Labute approximate surface area is 187 Å². The van der Waals surface area contributed by atoms with Crippen LogP contribution in [0.15, 0.2) is 32.9 Å². The van der Waals surface area contributed by atoms with Gasteiger partial charge in [0.1, 0.15) is 9.81 Å². The van der Waals surface area contributed by atoms with Gasteiger partial charge >= 0.3 is 5.97 Å². The maximum Gasteiger partial charge on any atom is 0.335 e. The predicted molar refractivity (Wildman–Crippen MR) is 117 cm³/mol. The highest BCUT2D eigenvalue weighted by Crippen LogP contribution is 2.42. The van der Waals surface area contributed by atoms with Crippen LogP contribution in [0.4, 0.5) is 0 Å². The number of thiophene rings is 1. The highest BCUT2D eigenvalue weighted by molar-refractivity contribution is 7.91. The second-order valence-corrected chi connectivity index (χ2v) is 11.5. The lowest BCUT2D eigenvalue weighted by atomic mass is 9.83. The van der Waals surface area contributed by atoms with Gasteiger partial charge in [-0.15, -0.1) is 11.3 Å². The maximum atomic E-state index is 13.1. The van der Waals surface area contributed by atoms with Gasteiger partial charge in [0.15, 0.2) is 0 Å². The van der Waals surface area contributed by atoms with E-state index in [9.17, 15) is 18.0 Å². The van der Waals surface area contributed by atoms with Crippen LogP contribution in [0.3, 0.4) is 0 Å². The number of likely N-dealkylation sites (N-methyl/N-ethyl adjacent to an activating group) is 1. The fourth-order valence-electron chi connectivity index (χ4n) is 4.94. The molecule has 4 heterocycles. The molecule has 0 aliphatic carbocycles. The number of hydrogen-bond donors (Lipinski definition) is 1. The molecule has 1 atom stereocenters. The van der Waals surface area contributed by atoms with E-state index in [-0.39, 0.29) is 31.8 Å². The summed E-state index contributed by atoms with van der Waals surface area (Å²) in [6.45, 7) is 6.65. The molecule has 31 heavy (non-hydrogen) atoms. The van der Waals surface area contributed by atoms with E-state index < -0.39 is 21.6 Å². The highest BCUT2D eigenvalue weighted by Gasteiger charge is 2.52. The molecule has 0 saturated carbocycles. The van der Waals surface area contributed by atoms with Gasteiger partial charge in [0.25, 0.3) is 15.9 Å². The number of likely N-dealkylation sites (tertiary alicyclic amines) is 1. The average Bonchev–Trinajstić information content (AvgIpc) is 3.48. The van der Waals surface area contributed by atoms with Crippen LogP contribution < -0.4 is 5.32 Å². The molecule has 1 spiro atoms. The fourth-order valence-corrected chi connectivity index (χ4v) is 7.53. The molecule has 2 fully saturated rings. The number of amides is 1. The van der Waals surface area contributed by atoms with Crippen LogP contribution in [0, 0.1) is 0 Å². The summed E-state index contributed by atoms with van der Waals surface area (Å²) in [4.78, 5) is 27.9. The predicted octanol–water partition coefficient (Wildman–Crippen LogP) is 1.75. The summed E-state index contributed by atoms with van der Waals surface area (Å²) >= 11 is 1.18. The third-order valence-electron chi connectivity index (χ3n) is 6.67. The Kier molecular flexibility index (Phi) is 6.26. The number of hydrogen-bond acceptors (Lipinski definition) is 7. The Morgan fingerprint density at radius 1 is 1.32 bits per heavy atom. The van der Waals surface area contributed by atoms with Gasteiger partial charge in [-0.1, -0.05) is 13.0 Å². The third kappa shape index (κ3) is 4.06. The summed E-state index contributed by atoms with van der Waals surface area (Å²) in [6.07, 6.45) is 2.71. The van der Waals surface area contributed by atoms with E-state index in [4.69, 9.17) is 4.74 Å². The second-order valence-electron chi connectivity index (χ2n) is 8.35. The van der Waals surface area contributed by atoms with Crippen molar-refractivity contribution in [1.29, 1.82) is 0 Å². The monoisotopic (exact) mass is 467 g/mol.